The zero-order chi connectivity index (χ0) is 14.0. The highest BCUT2D eigenvalue weighted by Gasteiger charge is 2.20. The molecule has 0 atom stereocenters. The van der Waals surface area contributed by atoms with E-state index in [0.717, 1.165) is 6.07 Å². The third-order valence-corrected chi connectivity index (χ3v) is 3.87. The van der Waals surface area contributed by atoms with E-state index in [2.05, 4.69) is 9.82 Å². The van der Waals surface area contributed by atoms with Crippen LogP contribution in [0.4, 0.5) is 10.1 Å². The lowest BCUT2D eigenvalue weighted by Crippen LogP contribution is -2.15. The maximum absolute atomic E-state index is 13.6. The molecule has 1 aromatic heterocycles. The Labute approximate surface area is 110 Å². The van der Waals surface area contributed by atoms with Crippen LogP contribution >= 0.6 is 0 Å². The highest BCUT2D eigenvalue weighted by atomic mass is 32.2. The van der Waals surface area contributed by atoms with E-state index in [0.29, 0.717) is 5.56 Å². The van der Waals surface area contributed by atoms with Crippen LogP contribution < -0.4 is 10.5 Å². The van der Waals surface area contributed by atoms with Crippen LogP contribution in [0.5, 0.6) is 0 Å². The topological polar surface area (TPSA) is 90.0 Å². The first kappa shape index (κ1) is 13.5. The van der Waals surface area contributed by atoms with E-state index in [9.17, 15) is 12.8 Å². The third-order valence-electron chi connectivity index (χ3n) is 2.48. The number of halogens is 1. The molecule has 2 rings (SSSR count). The maximum Gasteiger partial charge on any atom is 0.264 e. The van der Waals surface area contributed by atoms with E-state index >= 15 is 0 Å². The van der Waals surface area contributed by atoms with Crippen molar-refractivity contribution in [1.82, 2.24) is 9.78 Å². The van der Waals surface area contributed by atoms with E-state index in [1.807, 2.05) is 0 Å². The van der Waals surface area contributed by atoms with Crippen molar-refractivity contribution in [2.75, 3.05) is 4.72 Å². The summed E-state index contributed by atoms with van der Waals surface area (Å²) in [6.45, 7) is 0.135. The minimum Gasteiger partial charge on any atom is -0.326 e. The van der Waals surface area contributed by atoms with Gasteiger partial charge in [-0.05, 0) is 17.7 Å². The maximum atomic E-state index is 13.6. The predicted octanol–water partition coefficient (Wildman–Crippen LogP) is 0.819. The molecule has 0 aliphatic heterocycles. The lowest BCUT2D eigenvalue weighted by molar-refractivity contribution is 0.569. The number of nitrogens with zero attached hydrogens (tertiary/aromatic N) is 2. The Morgan fingerprint density at radius 3 is 2.79 bits per heavy atom. The molecule has 0 aliphatic carbocycles. The van der Waals surface area contributed by atoms with Gasteiger partial charge in [0.05, 0.1) is 11.9 Å². The number of nitrogens with one attached hydrogen (secondary N) is 1. The fourth-order valence-corrected chi connectivity index (χ4v) is 2.72. The van der Waals surface area contributed by atoms with Crippen LogP contribution in [-0.2, 0) is 23.6 Å². The Kier molecular flexibility index (Phi) is 3.54. The first-order valence-electron chi connectivity index (χ1n) is 5.42. The Hall–Kier alpha value is -1.93. The van der Waals surface area contributed by atoms with Crippen molar-refractivity contribution in [3.63, 3.8) is 0 Å². The summed E-state index contributed by atoms with van der Waals surface area (Å²) in [5, 5.41) is 3.83. The number of hydrogen-bond donors (Lipinski definition) is 2. The third kappa shape index (κ3) is 2.91. The lowest BCUT2D eigenvalue weighted by atomic mass is 10.2. The van der Waals surface area contributed by atoms with Crippen molar-refractivity contribution >= 4 is 15.7 Å². The molecule has 1 aromatic carbocycles. The molecule has 0 unspecified atom stereocenters. The second-order valence-corrected chi connectivity index (χ2v) is 5.63. The van der Waals surface area contributed by atoms with Crippen LogP contribution in [0.25, 0.3) is 0 Å². The Balaban J connectivity index is 2.39. The largest absolute Gasteiger partial charge is 0.326 e. The number of anilines is 1. The van der Waals surface area contributed by atoms with E-state index in [1.165, 1.54) is 29.2 Å². The number of benzene rings is 1. The average molecular weight is 284 g/mol. The Morgan fingerprint density at radius 2 is 2.21 bits per heavy atom. The number of aryl methyl sites for hydroxylation is 1. The summed E-state index contributed by atoms with van der Waals surface area (Å²) in [6.07, 6.45) is 2.81. The number of sulfonamides is 1. The Morgan fingerprint density at radius 1 is 1.47 bits per heavy atom. The van der Waals surface area contributed by atoms with Crippen LogP contribution in [0.15, 0.2) is 35.5 Å². The summed E-state index contributed by atoms with van der Waals surface area (Å²) in [5.41, 5.74) is 6.22. The molecule has 0 bridgehead atoms. The first-order valence-corrected chi connectivity index (χ1v) is 6.90. The minimum atomic E-state index is -4.00. The predicted molar refractivity (Wildman–Crippen MR) is 68.3 cm³/mol. The number of hydrogen-bond acceptors (Lipinski definition) is 4. The van der Waals surface area contributed by atoms with Crippen LogP contribution in [0.3, 0.4) is 0 Å². The first-order chi connectivity index (χ1) is 8.92. The van der Waals surface area contributed by atoms with Crippen molar-refractivity contribution in [1.29, 1.82) is 0 Å². The number of nitrogens with two attached hydrogens (primary N) is 1. The lowest BCUT2D eigenvalue weighted by Gasteiger charge is -2.08. The van der Waals surface area contributed by atoms with Gasteiger partial charge in [-0.2, -0.15) is 5.10 Å². The van der Waals surface area contributed by atoms with Crippen molar-refractivity contribution in [3.05, 3.63) is 42.0 Å². The molecule has 102 valence electrons. The summed E-state index contributed by atoms with van der Waals surface area (Å²) in [7, 11) is -2.35. The molecule has 6 nitrogen and oxygen atoms in total. The van der Waals surface area contributed by atoms with Crippen LogP contribution in [-0.4, -0.2) is 18.2 Å². The summed E-state index contributed by atoms with van der Waals surface area (Å²) < 4.78 is 41.5. The zero-order valence-corrected chi connectivity index (χ0v) is 11.0. The number of rotatable bonds is 4. The van der Waals surface area contributed by atoms with Gasteiger partial charge in [0.25, 0.3) is 10.0 Å². The molecule has 1 heterocycles. The van der Waals surface area contributed by atoms with Gasteiger partial charge in [-0.15, -0.1) is 0 Å². The van der Waals surface area contributed by atoms with Crippen molar-refractivity contribution in [2.24, 2.45) is 12.8 Å². The van der Waals surface area contributed by atoms with Crippen molar-refractivity contribution in [2.45, 2.75) is 11.4 Å². The fraction of sp³-hybridized carbons (Fsp3) is 0.182. The highest BCUT2D eigenvalue weighted by Crippen LogP contribution is 2.19. The van der Waals surface area contributed by atoms with Gasteiger partial charge in [0, 0.05) is 19.8 Å². The van der Waals surface area contributed by atoms with E-state index < -0.39 is 20.7 Å². The van der Waals surface area contributed by atoms with Gasteiger partial charge in [0.15, 0.2) is 0 Å². The highest BCUT2D eigenvalue weighted by molar-refractivity contribution is 7.92. The monoisotopic (exact) mass is 284 g/mol. The van der Waals surface area contributed by atoms with E-state index in [4.69, 9.17) is 5.73 Å². The van der Waals surface area contributed by atoms with Gasteiger partial charge in [0.1, 0.15) is 10.7 Å². The summed E-state index contributed by atoms with van der Waals surface area (Å²) in [5.74, 6) is -0.825. The Bertz CT molecular complexity index is 696. The van der Waals surface area contributed by atoms with Crippen LogP contribution in [0.2, 0.25) is 0 Å². The normalized spacial score (nSPS) is 11.5. The SMILES string of the molecule is Cn1cc(NS(=O)(=O)c2cc(CN)ccc2F)cn1. The summed E-state index contributed by atoms with van der Waals surface area (Å²) in [6, 6.07) is 3.74. The molecule has 8 heteroatoms. The fourth-order valence-electron chi connectivity index (χ4n) is 1.56. The average Bonchev–Trinajstić information content (AvgIpc) is 2.74. The summed E-state index contributed by atoms with van der Waals surface area (Å²) in [4.78, 5) is -0.431. The molecule has 0 radical (unpaired) electrons. The second kappa shape index (κ2) is 4.98. The molecule has 0 fully saturated rings. The van der Waals surface area contributed by atoms with Crippen molar-refractivity contribution < 1.29 is 12.8 Å². The number of aromatic nitrogens is 2. The van der Waals surface area contributed by atoms with E-state index in [-0.39, 0.29) is 12.2 Å². The molecule has 0 spiro atoms. The van der Waals surface area contributed by atoms with Gasteiger partial charge >= 0.3 is 0 Å². The molecular formula is C11H13FN4O2S. The molecule has 2 aromatic rings. The van der Waals surface area contributed by atoms with Gasteiger partial charge in [0.2, 0.25) is 0 Å². The standard InChI is InChI=1S/C11H13FN4O2S/c1-16-7-9(6-14-16)15-19(17,18)11-4-8(5-13)2-3-10(11)12/h2-4,6-7,15H,5,13H2,1H3. The quantitative estimate of drug-likeness (QED) is 0.869. The molecule has 0 aliphatic rings. The zero-order valence-electron chi connectivity index (χ0n) is 10.2. The molecule has 3 N–H and O–H groups in total. The second-order valence-electron chi connectivity index (χ2n) is 3.98. The van der Waals surface area contributed by atoms with Gasteiger partial charge in [-0.1, -0.05) is 6.07 Å². The molecule has 0 saturated carbocycles. The molecule has 19 heavy (non-hydrogen) atoms. The van der Waals surface area contributed by atoms with Crippen molar-refractivity contribution in [3.8, 4) is 0 Å². The van der Waals surface area contributed by atoms with Crippen LogP contribution in [0, 0.1) is 5.82 Å². The van der Waals surface area contributed by atoms with Gasteiger partial charge in [-0.25, -0.2) is 12.8 Å². The van der Waals surface area contributed by atoms with Gasteiger partial charge in [-0.3, -0.25) is 9.40 Å². The molecule has 0 saturated heterocycles. The molecule has 0 amide bonds. The van der Waals surface area contributed by atoms with E-state index in [1.54, 1.807) is 7.05 Å². The summed E-state index contributed by atoms with van der Waals surface area (Å²) >= 11 is 0. The van der Waals surface area contributed by atoms with Gasteiger partial charge < -0.3 is 5.73 Å². The van der Waals surface area contributed by atoms with Crippen LogP contribution in [0.1, 0.15) is 5.56 Å². The smallest absolute Gasteiger partial charge is 0.264 e. The molecular weight excluding hydrogens is 271 g/mol. The minimum absolute atomic E-state index is 0.135.